The molecule has 0 bridgehead atoms. The van der Waals surface area contributed by atoms with E-state index in [9.17, 15) is 18.4 Å². The highest BCUT2D eigenvalue weighted by atomic mass is 19.1. The Kier molecular flexibility index (Phi) is 5.58. The number of carbonyl (C=O) groups excluding carboxylic acids is 2. The summed E-state index contributed by atoms with van der Waals surface area (Å²) < 4.78 is 27.0. The van der Waals surface area contributed by atoms with Gasteiger partial charge in [0.2, 0.25) is 5.91 Å². The van der Waals surface area contributed by atoms with Crippen LogP contribution in [0.3, 0.4) is 0 Å². The largest absolute Gasteiger partial charge is 0.311 e. The average molecular weight is 384 g/mol. The number of nitrogens with one attached hydrogen (secondary N) is 1. The van der Waals surface area contributed by atoms with Gasteiger partial charge in [0, 0.05) is 44.9 Å². The quantitative estimate of drug-likeness (QED) is 0.880. The Bertz CT molecular complexity index is 988. The fourth-order valence-electron chi connectivity index (χ4n) is 2.85. The number of carbonyl (C=O) groups is 2. The molecule has 0 fully saturated rings. The van der Waals surface area contributed by atoms with Crippen LogP contribution in [0.4, 0.5) is 14.6 Å². The Balaban J connectivity index is 1.84. The molecule has 3 rings (SSSR count). The molecule has 1 aromatic heterocycles. The van der Waals surface area contributed by atoms with E-state index < -0.39 is 17.5 Å². The summed E-state index contributed by atoms with van der Waals surface area (Å²) in [4.78, 5) is 33.5. The van der Waals surface area contributed by atoms with E-state index in [-0.39, 0.29) is 17.4 Å². The minimum Gasteiger partial charge on any atom is -0.311 e. The van der Waals surface area contributed by atoms with Crippen LogP contribution in [0, 0.1) is 11.6 Å². The number of aliphatic imine (C=N–C) groups is 1. The standard InChI is InChI=1S/C20H18F2N4O2/c1-12(27)25-19-8-13(5-6-24-19)14-7-16(11-23-10-14)26(2)20(28)17-4-3-15(21)9-18(17)22/h3-9,11,14H,10H2,1-2H3,(H,24,25,27). The van der Waals surface area contributed by atoms with E-state index in [2.05, 4.69) is 15.3 Å². The van der Waals surface area contributed by atoms with Crippen molar-refractivity contribution in [2.24, 2.45) is 4.99 Å². The van der Waals surface area contributed by atoms with Gasteiger partial charge in [-0.2, -0.15) is 0 Å². The van der Waals surface area contributed by atoms with E-state index >= 15 is 0 Å². The fourth-order valence-corrected chi connectivity index (χ4v) is 2.85. The summed E-state index contributed by atoms with van der Waals surface area (Å²) >= 11 is 0. The molecule has 1 N–H and O–H groups in total. The first kappa shape index (κ1) is 19.3. The van der Waals surface area contributed by atoms with Crippen LogP contribution < -0.4 is 5.32 Å². The van der Waals surface area contributed by atoms with E-state index in [4.69, 9.17) is 0 Å². The van der Waals surface area contributed by atoms with Crippen LogP contribution in [0.5, 0.6) is 0 Å². The molecular weight excluding hydrogens is 366 g/mol. The molecule has 1 aliphatic heterocycles. The zero-order valence-corrected chi connectivity index (χ0v) is 15.3. The van der Waals surface area contributed by atoms with E-state index in [0.717, 1.165) is 17.7 Å². The number of halogens is 2. The first-order valence-electron chi connectivity index (χ1n) is 8.53. The second kappa shape index (κ2) is 8.08. The smallest absolute Gasteiger partial charge is 0.261 e. The number of hydrogen-bond donors (Lipinski definition) is 1. The second-order valence-electron chi connectivity index (χ2n) is 6.34. The third kappa shape index (κ3) is 4.28. The Labute approximate surface area is 160 Å². The topological polar surface area (TPSA) is 74.7 Å². The summed E-state index contributed by atoms with van der Waals surface area (Å²) in [6.45, 7) is 1.85. The van der Waals surface area contributed by atoms with Crippen molar-refractivity contribution in [3.8, 4) is 0 Å². The summed E-state index contributed by atoms with van der Waals surface area (Å²) in [6.07, 6.45) is 4.94. The molecule has 28 heavy (non-hydrogen) atoms. The second-order valence-corrected chi connectivity index (χ2v) is 6.34. The Morgan fingerprint density at radius 3 is 2.71 bits per heavy atom. The molecule has 0 saturated heterocycles. The number of allylic oxidation sites excluding steroid dienone is 1. The minimum atomic E-state index is -0.921. The summed E-state index contributed by atoms with van der Waals surface area (Å²) in [6, 6.07) is 6.36. The summed E-state index contributed by atoms with van der Waals surface area (Å²) in [5.41, 5.74) is 1.13. The van der Waals surface area contributed by atoms with Crippen molar-refractivity contribution in [2.45, 2.75) is 12.8 Å². The van der Waals surface area contributed by atoms with Gasteiger partial charge >= 0.3 is 0 Å². The number of amides is 2. The number of rotatable bonds is 4. The van der Waals surface area contributed by atoms with Gasteiger partial charge in [-0.3, -0.25) is 14.6 Å². The maximum Gasteiger partial charge on any atom is 0.261 e. The van der Waals surface area contributed by atoms with Crippen LogP contribution in [0.2, 0.25) is 0 Å². The zero-order valence-electron chi connectivity index (χ0n) is 15.3. The molecule has 0 saturated carbocycles. The molecule has 144 valence electrons. The first-order chi connectivity index (χ1) is 13.3. The lowest BCUT2D eigenvalue weighted by molar-refractivity contribution is -0.114. The summed E-state index contributed by atoms with van der Waals surface area (Å²) in [5, 5.41) is 2.62. The van der Waals surface area contributed by atoms with E-state index in [1.807, 2.05) is 6.08 Å². The lowest BCUT2D eigenvalue weighted by Crippen LogP contribution is -2.29. The van der Waals surface area contributed by atoms with Crippen LogP contribution >= 0.6 is 0 Å². The van der Waals surface area contributed by atoms with Crippen LogP contribution in [0.1, 0.15) is 28.8 Å². The lowest BCUT2D eigenvalue weighted by Gasteiger charge is -2.23. The molecule has 2 amide bonds. The fraction of sp³-hybridized carbons (Fsp3) is 0.200. The van der Waals surface area contributed by atoms with Gasteiger partial charge in [-0.05, 0) is 35.9 Å². The maximum atomic E-state index is 13.9. The van der Waals surface area contributed by atoms with Crippen molar-refractivity contribution in [1.29, 1.82) is 0 Å². The molecule has 2 heterocycles. The van der Waals surface area contributed by atoms with E-state index in [1.54, 1.807) is 18.3 Å². The van der Waals surface area contributed by atoms with Crippen molar-refractivity contribution in [3.63, 3.8) is 0 Å². The van der Waals surface area contributed by atoms with Crippen LogP contribution in [0.25, 0.3) is 0 Å². The van der Waals surface area contributed by atoms with Crippen molar-refractivity contribution in [3.05, 3.63) is 71.1 Å². The first-order valence-corrected chi connectivity index (χ1v) is 8.53. The number of aromatic nitrogens is 1. The van der Waals surface area contributed by atoms with Gasteiger partial charge in [0.1, 0.15) is 17.5 Å². The number of benzene rings is 1. The third-order valence-corrected chi connectivity index (χ3v) is 4.27. The van der Waals surface area contributed by atoms with Gasteiger partial charge in [0.15, 0.2) is 0 Å². The minimum absolute atomic E-state index is 0.149. The Hall–Kier alpha value is -3.42. The highest BCUT2D eigenvalue weighted by Gasteiger charge is 2.22. The normalized spacial score (nSPS) is 15.7. The van der Waals surface area contributed by atoms with Crippen LogP contribution in [-0.2, 0) is 4.79 Å². The third-order valence-electron chi connectivity index (χ3n) is 4.27. The van der Waals surface area contributed by atoms with Crippen molar-refractivity contribution in [1.82, 2.24) is 9.88 Å². The average Bonchev–Trinajstić information content (AvgIpc) is 2.67. The number of nitrogens with zero attached hydrogens (tertiary/aromatic N) is 3. The Morgan fingerprint density at radius 1 is 1.21 bits per heavy atom. The summed E-state index contributed by atoms with van der Waals surface area (Å²) in [5.74, 6) is -2.23. The van der Waals surface area contributed by atoms with Gasteiger partial charge < -0.3 is 10.2 Å². The maximum absolute atomic E-state index is 13.9. The number of dihydropyridines is 1. The number of pyridine rings is 1. The van der Waals surface area contributed by atoms with Gasteiger partial charge in [-0.1, -0.05) is 0 Å². The zero-order chi connectivity index (χ0) is 20.3. The Morgan fingerprint density at radius 2 is 2.00 bits per heavy atom. The molecule has 2 aromatic rings. The van der Waals surface area contributed by atoms with Crippen molar-refractivity contribution < 1.29 is 18.4 Å². The molecular formula is C20H18F2N4O2. The molecule has 8 heteroatoms. The SMILES string of the molecule is CC(=O)Nc1cc(C2C=C(N(C)C(=O)c3ccc(F)cc3F)C=NC2)ccn1. The van der Waals surface area contributed by atoms with E-state index in [0.29, 0.717) is 24.1 Å². The van der Waals surface area contributed by atoms with Crippen LogP contribution in [-0.4, -0.2) is 41.5 Å². The number of anilines is 1. The number of hydrogen-bond acceptors (Lipinski definition) is 4. The molecule has 6 nitrogen and oxygen atoms in total. The van der Waals surface area contributed by atoms with Crippen LogP contribution in [0.15, 0.2) is 53.3 Å². The molecule has 0 radical (unpaired) electrons. The van der Waals surface area contributed by atoms with E-state index in [1.165, 1.54) is 25.1 Å². The highest BCUT2D eigenvalue weighted by molar-refractivity contribution is 5.99. The monoisotopic (exact) mass is 384 g/mol. The van der Waals surface area contributed by atoms with Crippen molar-refractivity contribution >= 4 is 23.8 Å². The van der Waals surface area contributed by atoms with Gasteiger partial charge in [-0.25, -0.2) is 13.8 Å². The molecule has 1 aliphatic rings. The molecule has 1 atom stereocenters. The predicted octanol–water partition coefficient (Wildman–Crippen LogP) is 3.14. The predicted molar refractivity (Wildman–Crippen MR) is 101 cm³/mol. The highest BCUT2D eigenvalue weighted by Crippen LogP contribution is 2.25. The molecule has 1 aromatic carbocycles. The van der Waals surface area contributed by atoms with Gasteiger partial charge in [-0.15, -0.1) is 0 Å². The lowest BCUT2D eigenvalue weighted by atomic mass is 9.97. The molecule has 1 unspecified atom stereocenters. The molecule has 0 aliphatic carbocycles. The van der Waals surface area contributed by atoms with Crippen molar-refractivity contribution in [2.75, 3.05) is 18.9 Å². The summed E-state index contributed by atoms with van der Waals surface area (Å²) in [7, 11) is 1.50. The molecule has 0 spiro atoms. The van der Waals surface area contributed by atoms with Gasteiger partial charge in [0.05, 0.1) is 11.3 Å². The van der Waals surface area contributed by atoms with Gasteiger partial charge in [0.25, 0.3) is 5.91 Å².